The normalized spacial score (nSPS) is 38.0. The van der Waals surface area contributed by atoms with E-state index in [4.69, 9.17) is 0 Å². The Labute approximate surface area is 110 Å². The van der Waals surface area contributed by atoms with E-state index >= 15 is 0 Å². The van der Waals surface area contributed by atoms with Crippen molar-refractivity contribution in [2.75, 3.05) is 13.1 Å². The van der Waals surface area contributed by atoms with Gasteiger partial charge in [0, 0.05) is 32.0 Å². The quantitative estimate of drug-likeness (QED) is 0.713. The van der Waals surface area contributed by atoms with E-state index < -0.39 is 5.92 Å². The second kappa shape index (κ2) is 5.07. The third-order valence-corrected chi connectivity index (χ3v) is 5.54. The Morgan fingerprint density at radius 3 is 1.94 bits per heavy atom. The van der Waals surface area contributed by atoms with Gasteiger partial charge in [-0.2, -0.15) is 0 Å². The highest BCUT2D eigenvalue weighted by Crippen LogP contribution is 2.43. The Kier molecular flexibility index (Phi) is 4.01. The Morgan fingerprint density at radius 2 is 1.50 bits per heavy atom. The number of alkyl halides is 2. The summed E-state index contributed by atoms with van der Waals surface area (Å²) in [5.74, 6) is -1.68. The lowest BCUT2D eigenvalue weighted by molar-refractivity contribution is -0.0697. The highest BCUT2D eigenvalue weighted by Gasteiger charge is 2.39. The molecule has 1 nitrogen and oxygen atoms in total. The van der Waals surface area contributed by atoms with Crippen LogP contribution in [0, 0.1) is 11.3 Å². The fourth-order valence-corrected chi connectivity index (χ4v) is 3.42. The topological polar surface area (TPSA) is 3.24 Å². The van der Waals surface area contributed by atoms with Crippen LogP contribution in [-0.4, -0.2) is 30.0 Å². The zero-order valence-corrected chi connectivity index (χ0v) is 12.0. The van der Waals surface area contributed by atoms with Crippen LogP contribution < -0.4 is 0 Å². The van der Waals surface area contributed by atoms with E-state index in [1.165, 1.54) is 25.7 Å². The van der Waals surface area contributed by atoms with Crippen LogP contribution in [0.25, 0.3) is 0 Å². The Balaban J connectivity index is 1.84. The Hall–Kier alpha value is -0.180. The lowest BCUT2D eigenvalue weighted by atomic mass is 9.67. The minimum atomic E-state index is -2.41. The first-order valence-electron chi connectivity index (χ1n) is 7.44. The summed E-state index contributed by atoms with van der Waals surface area (Å²) in [6.07, 6.45) is 5.01. The third-order valence-electron chi connectivity index (χ3n) is 5.54. The molecule has 0 amide bonds. The molecule has 0 aromatic carbocycles. The number of piperidine rings is 1. The summed E-state index contributed by atoms with van der Waals surface area (Å²) < 4.78 is 26.3. The molecule has 0 radical (unpaired) electrons. The molecule has 0 aromatic heterocycles. The molecule has 1 saturated carbocycles. The summed E-state index contributed by atoms with van der Waals surface area (Å²) in [7, 11) is 0. The van der Waals surface area contributed by atoms with E-state index in [1.807, 2.05) is 0 Å². The molecular formula is C15H27F2N. The van der Waals surface area contributed by atoms with E-state index in [2.05, 4.69) is 25.7 Å². The zero-order valence-electron chi connectivity index (χ0n) is 12.0. The van der Waals surface area contributed by atoms with Gasteiger partial charge in [-0.25, -0.2) is 8.78 Å². The smallest absolute Gasteiger partial charge is 0.250 e. The van der Waals surface area contributed by atoms with Gasteiger partial charge >= 0.3 is 0 Å². The molecule has 18 heavy (non-hydrogen) atoms. The second-order valence-corrected chi connectivity index (χ2v) is 6.93. The van der Waals surface area contributed by atoms with Crippen LogP contribution in [0.5, 0.6) is 0 Å². The maximum Gasteiger partial charge on any atom is 0.250 e. The minimum absolute atomic E-state index is 0.0605. The molecule has 1 aliphatic carbocycles. The zero-order chi connectivity index (χ0) is 13.4. The minimum Gasteiger partial charge on any atom is -0.300 e. The van der Waals surface area contributed by atoms with Crippen LogP contribution in [-0.2, 0) is 0 Å². The molecule has 0 bridgehead atoms. The Bertz CT molecular complexity index is 270. The van der Waals surface area contributed by atoms with Gasteiger partial charge in [0.05, 0.1) is 0 Å². The molecule has 2 fully saturated rings. The molecule has 2 rings (SSSR count). The molecule has 106 valence electrons. The van der Waals surface area contributed by atoms with Crippen molar-refractivity contribution in [3.63, 3.8) is 0 Å². The van der Waals surface area contributed by atoms with E-state index in [0.29, 0.717) is 24.5 Å². The van der Waals surface area contributed by atoms with Crippen LogP contribution in [0.4, 0.5) is 8.78 Å². The molecule has 3 heteroatoms. The van der Waals surface area contributed by atoms with Crippen molar-refractivity contribution >= 4 is 0 Å². The van der Waals surface area contributed by atoms with Gasteiger partial charge in [0.25, 0.3) is 5.92 Å². The first kappa shape index (κ1) is 14.2. The third kappa shape index (κ3) is 3.04. The summed E-state index contributed by atoms with van der Waals surface area (Å²) >= 11 is 0. The van der Waals surface area contributed by atoms with Crippen molar-refractivity contribution in [1.82, 2.24) is 4.90 Å². The highest BCUT2D eigenvalue weighted by atomic mass is 19.3. The van der Waals surface area contributed by atoms with Gasteiger partial charge in [-0.05, 0) is 37.0 Å². The van der Waals surface area contributed by atoms with Crippen LogP contribution >= 0.6 is 0 Å². The SMILES string of the molecule is CC(C)C1(C)CCC(N2CCC(F)(F)CC2)CC1. The maximum absolute atomic E-state index is 13.1. The Morgan fingerprint density at radius 1 is 1.00 bits per heavy atom. The average Bonchev–Trinajstić information content (AvgIpc) is 2.30. The van der Waals surface area contributed by atoms with Crippen LogP contribution in [0.3, 0.4) is 0 Å². The number of rotatable bonds is 2. The number of hydrogen-bond donors (Lipinski definition) is 0. The van der Waals surface area contributed by atoms with Crippen molar-refractivity contribution in [2.24, 2.45) is 11.3 Å². The van der Waals surface area contributed by atoms with Crippen molar-refractivity contribution in [3.8, 4) is 0 Å². The van der Waals surface area contributed by atoms with Crippen LogP contribution in [0.2, 0.25) is 0 Å². The lowest BCUT2D eigenvalue weighted by Gasteiger charge is -2.45. The molecule has 1 aliphatic heterocycles. The monoisotopic (exact) mass is 259 g/mol. The first-order valence-corrected chi connectivity index (χ1v) is 7.44. The molecule has 1 heterocycles. The predicted molar refractivity (Wildman–Crippen MR) is 71.0 cm³/mol. The van der Waals surface area contributed by atoms with E-state index in [9.17, 15) is 8.78 Å². The molecular weight excluding hydrogens is 232 g/mol. The fraction of sp³-hybridized carbons (Fsp3) is 1.00. The van der Waals surface area contributed by atoms with Gasteiger partial charge in [-0.15, -0.1) is 0 Å². The molecule has 2 aliphatic rings. The number of nitrogens with zero attached hydrogens (tertiary/aromatic N) is 1. The van der Waals surface area contributed by atoms with Gasteiger partial charge in [-0.3, -0.25) is 4.90 Å². The van der Waals surface area contributed by atoms with Crippen LogP contribution in [0.1, 0.15) is 59.3 Å². The van der Waals surface area contributed by atoms with Crippen molar-refractivity contribution in [3.05, 3.63) is 0 Å². The number of hydrogen-bond acceptors (Lipinski definition) is 1. The van der Waals surface area contributed by atoms with E-state index in [0.717, 1.165) is 5.92 Å². The van der Waals surface area contributed by atoms with Gasteiger partial charge in [-0.1, -0.05) is 20.8 Å². The molecule has 0 aromatic rings. The largest absolute Gasteiger partial charge is 0.300 e. The number of likely N-dealkylation sites (tertiary alicyclic amines) is 1. The summed E-state index contributed by atoms with van der Waals surface area (Å²) in [5, 5.41) is 0. The highest BCUT2D eigenvalue weighted by molar-refractivity contribution is 4.90. The fourth-order valence-electron chi connectivity index (χ4n) is 3.42. The predicted octanol–water partition coefficient (Wildman–Crippen LogP) is 4.32. The maximum atomic E-state index is 13.1. The van der Waals surface area contributed by atoms with Crippen molar-refractivity contribution in [1.29, 1.82) is 0 Å². The molecule has 1 saturated heterocycles. The first-order chi connectivity index (χ1) is 8.32. The molecule has 0 atom stereocenters. The van der Waals surface area contributed by atoms with Crippen molar-refractivity contribution in [2.45, 2.75) is 71.3 Å². The van der Waals surface area contributed by atoms with E-state index in [1.54, 1.807) is 0 Å². The average molecular weight is 259 g/mol. The lowest BCUT2D eigenvalue weighted by Crippen LogP contribution is -2.47. The summed E-state index contributed by atoms with van der Waals surface area (Å²) in [5.41, 5.74) is 0.468. The van der Waals surface area contributed by atoms with Gasteiger partial charge in [0.2, 0.25) is 0 Å². The van der Waals surface area contributed by atoms with Crippen LogP contribution in [0.15, 0.2) is 0 Å². The van der Waals surface area contributed by atoms with Gasteiger partial charge < -0.3 is 0 Å². The summed E-state index contributed by atoms with van der Waals surface area (Å²) in [6, 6.07) is 0.563. The number of halogens is 2. The summed E-state index contributed by atoms with van der Waals surface area (Å²) in [4.78, 5) is 2.32. The second-order valence-electron chi connectivity index (χ2n) is 6.93. The summed E-state index contributed by atoms with van der Waals surface area (Å²) in [6.45, 7) is 8.19. The molecule has 0 N–H and O–H groups in total. The van der Waals surface area contributed by atoms with E-state index in [-0.39, 0.29) is 12.8 Å². The standard InChI is InChI=1S/C15H27F2N/c1-12(2)14(3)6-4-13(5-7-14)18-10-8-15(16,17)9-11-18/h12-13H,4-11H2,1-3H3. The van der Waals surface area contributed by atoms with Gasteiger partial charge in [0.15, 0.2) is 0 Å². The van der Waals surface area contributed by atoms with Crippen molar-refractivity contribution < 1.29 is 8.78 Å². The molecule has 0 spiro atoms. The molecule has 0 unspecified atom stereocenters. The van der Waals surface area contributed by atoms with Gasteiger partial charge in [0.1, 0.15) is 0 Å².